The van der Waals surface area contributed by atoms with E-state index in [0.717, 1.165) is 5.56 Å². The van der Waals surface area contributed by atoms with Crippen LogP contribution in [0.1, 0.15) is 22.5 Å². The lowest BCUT2D eigenvalue weighted by Gasteiger charge is -2.23. The zero-order valence-electron chi connectivity index (χ0n) is 15.4. The number of fused-ring (bicyclic) bond motifs is 1. The number of nitrogens with one attached hydrogen (secondary N) is 1. The van der Waals surface area contributed by atoms with Crippen molar-refractivity contribution in [3.8, 4) is 5.75 Å². The van der Waals surface area contributed by atoms with Gasteiger partial charge in [0.2, 0.25) is 5.91 Å². The van der Waals surface area contributed by atoms with Crippen molar-refractivity contribution in [1.29, 1.82) is 0 Å². The standard InChI is InChI=1S/C18H21F3N4O2/c1-11-4-5-15(27-3)13(8-11)22-16(26)10-25-14-6-7-24(2)9-12(14)17(23-25)18(19,20)21/h4-5,8H,6-7,9-10H2,1-3H3,(H,22,26). The molecule has 0 unspecified atom stereocenters. The number of hydrogen-bond acceptors (Lipinski definition) is 4. The van der Waals surface area contributed by atoms with E-state index in [-0.39, 0.29) is 18.7 Å². The van der Waals surface area contributed by atoms with E-state index in [9.17, 15) is 18.0 Å². The van der Waals surface area contributed by atoms with Gasteiger partial charge < -0.3 is 15.0 Å². The van der Waals surface area contributed by atoms with Crippen molar-refractivity contribution >= 4 is 11.6 Å². The summed E-state index contributed by atoms with van der Waals surface area (Å²) in [7, 11) is 3.24. The van der Waals surface area contributed by atoms with E-state index in [1.807, 2.05) is 13.0 Å². The molecule has 0 saturated heterocycles. The highest BCUT2D eigenvalue weighted by Crippen LogP contribution is 2.35. The zero-order valence-corrected chi connectivity index (χ0v) is 15.4. The highest BCUT2D eigenvalue weighted by Gasteiger charge is 2.40. The van der Waals surface area contributed by atoms with Gasteiger partial charge in [-0.3, -0.25) is 9.48 Å². The number of halogens is 3. The Balaban J connectivity index is 1.86. The predicted octanol–water partition coefficient (Wildman–Crippen LogP) is 2.85. The number of carbonyl (C=O) groups excluding carboxylic acids is 1. The number of carbonyl (C=O) groups is 1. The fraction of sp³-hybridized carbons (Fsp3) is 0.444. The molecule has 2 heterocycles. The fourth-order valence-electron chi connectivity index (χ4n) is 3.23. The van der Waals surface area contributed by atoms with Gasteiger partial charge in [0.05, 0.1) is 12.8 Å². The SMILES string of the molecule is COc1ccc(C)cc1NC(=O)Cn1nc(C(F)(F)F)c2c1CCN(C)C2. The molecule has 0 atom stereocenters. The lowest BCUT2D eigenvalue weighted by molar-refractivity contribution is -0.142. The highest BCUT2D eigenvalue weighted by atomic mass is 19.4. The molecule has 146 valence electrons. The monoisotopic (exact) mass is 382 g/mol. The third kappa shape index (κ3) is 4.08. The van der Waals surface area contributed by atoms with E-state index < -0.39 is 17.8 Å². The van der Waals surface area contributed by atoms with E-state index in [1.54, 1.807) is 24.1 Å². The normalized spacial score (nSPS) is 14.7. The molecule has 6 nitrogen and oxygen atoms in total. The molecule has 2 aromatic rings. The number of aromatic nitrogens is 2. The topological polar surface area (TPSA) is 59.4 Å². The van der Waals surface area contributed by atoms with E-state index in [0.29, 0.717) is 30.1 Å². The largest absolute Gasteiger partial charge is 0.495 e. The van der Waals surface area contributed by atoms with Crippen LogP contribution in [-0.2, 0) is 30.5 Å². The second-order valence-electron chi connectivity index (χ2n) is 6.67. The summed E-state index contributed by atoms with van der Waals surface area (Å²) in [5.74, 6) is 0.0194. The number of benzene rings is 1. The molecule has 9 heteroatoms. The Morgan fingerprint density at radius 1 is 1.37 bits per heavy atom. The average Bonchev–Trinajstić information content (AvgIpc) is 2.93. The van der Waals surface area contributed by atoms with Crippen LogP contribution in [0.4, 0.5) is 18.9 Å². The molecule has 1 amide bonds. The number of hydrogen-bond donors (Lipinski definition) is 1. The number of ether oxygens (including phenoxy) is 1. The molecule has 0 saturated carbocycles. The van der Waals surface area contributed by atoms with Gasteiger partial charge in [-0.1, -0.05) is 6.07 Å². The molecule has 0 fully saturated rings. The molecular formula is C18H21F3N4O2. The van der Waals surface area contributed by atoms with Crippen LogP contribution in [0.5, 0.6) is 5.75 Å². The van der Waals surface area contributed by atoms with E-state index in [4.69, 9.17) is 4.74 Å². The van der Waals surface area contributed by atoms with E-state index >= 15 is 0 Å². The molecule has 3 rings (SSSR count). The number of rotatable bonds is 4. The summed E-state index contributed by atoms with van der Waals surface area (Å²) < 4.78 is 46.4. The summed E-state index contributed by atoms with van der Waals surface area (Å²) in [5.41, 5.74) is 1.10. The Morgan fingerprint density at radius 2 is 2.11 bits per heavy atom. The van der Waals surface area contributed by atoms with Gasteiger partial charge in [0.15, 0.2) is 5.69 Å². The minimum atomic E-state index is -4.55. The van der Waals surface area contributed by atoms with Gasteiger partial charge in [-0.2, -0.15) is 18.3 Å². The Hall–Kier alpha value is -2.55. The van der Waals surface area contributed by atoms with Gasteiger partial charge in [-0.05, 0) is 31.7 Å². The molecule has 1 aromatic heterocycles. The van der Waals surface area contributed by atoms with Gasteiger partial charge in [0.1, 0.15) is 12.3 Å². The summed E-state index contributed by atoms with van der Waals surface area (Å²) in [6, 6.07) is 5.30. The lowest BCUT2D eigenvalue weighted by atomic mass is 10.1. The van der Waals surface area contributed by atoms with Crippen molar-refractivity contribution < 1.29 is 22.7 Å². The van der Waals surface area contributed by atoms with Crippen LogP contribution in [0.15, 0.2) is 18.2 Å². The van der Waals surface area contributed by atoms with Gasteiger partial charge >= 0.3 is 6.18 Å². The van der Waals surface area contributed by atoms with Crippen molar-refractivity contribution in [1.82, 2.24) is 14.7 Å². The summed E-state index contributed by atoms with van der Waals surface area (Å²) in [6.45, 7) is 2.35. The molecule has 0 spiro atoms. The zero-order chi connectivity index (χ0) is 19.8. The summed E-state index contributed by atoms with van der Waals surface area (Å²) >= 11 is 0. The van der Waals surface area contributed by atoms with Gasteiger partial charge in [0, 0.05) is 30.8 Å². The second kappa shape index (κ2) is 7.22. The number of anilines is 1. The molecule has 0 aliphatic carbocycles. The quantitative estimate of drug-likeness (QED) is 0.884. The lowest BCUT2D eigenvalue weighted by Crippen LogP contribution is -2.29. The maximum Gasteiger partial charge on any atom is 0.435 e. The van der Waals surface area contributed by atoms with Crippen molar-refractivity contribution in [3.05, 3.63) is 40.7 Å². The van der Waals surface area contributed by atoms with Crippen LogP contribution >= 0.6 is 0 Å². The molecule has 1 aliphatic heterocycles. The molecular weight excluding hydrogens is 361 g/mol. The van der Waals surface area contributed by atoms with Gasteiger partial charge in [0.25, 0.3) is 0 Å². The van der Waals surface area contributed by atoms with E-state index in [2.05, 4.69) is 10.4 Å². The Bertz CT molecular complexity index is 861. The number of likely N-dealkylation sites (N-methyl/N-ethyl adjacent to an activating group) is 1. The molecule has 1 N–H and O–H groups in total. The molecule has 0 bridgehead atoms. The first kappa shape index (κ1) is 19.2. The third-order valence-electron chi connectivity index (χ3n) is 4.52. The summed E-state index contributed by atoms with van der Waals surface area (Å²) in [6.07, 6.45) is -4.14. The molecule has 0 radical (unpaired) electrons. The maximum atomic E-state index is 13.3. The van der Waals surface area contributed by atoms with Crippen LogP contribution in [0.3, 0.4) is 0 Å². The van der Waals surface area contributed by atoms with Crippen LogP contribution in [0.2, 0.25) is 0 Å². The average molecular weight is 382 g/mol. The number of amides is 1. The van der Waals surface area contributed by atoms with E-state index in [1.165, 1.54) is 11.8 Å². The Morgan fingerprint density at radius 3 is 2.78 bits per heavy atom. The van der Waals surface area contributed by atoms with Crippen LogP contribution in [-0.4, -0.2) is 41.3 Å². The number of aryl methyl sites for hydroxylation is 1. The molecule has 1 aromatic carbocycles. The van der Waals surface area contributed by atoms with Crippen molar-refractivity contribution in [2.75, 3.05) is 26.0 Å². The first-order valence-corrected chi connectivity index (χ1v) is 8.48. The number of alkyl halides is 3. The van der Waals surface area contributed by atoms with Gasteiger partial charge in [-0.15, -0.1) is 0 Å². The Kier molecular flexibility index (Phi) is 5.14. The fourth-order valence-corrected chi connectivity index (χ4v) is 3.23. The summed E-state index contributed by atoms with van der Waals surface area (Å²) in [4.78, 5) is 14.3. The maximum absolute atomic E-state index is 13.3. The first-order valence-electron chi connectivity index (χ1n) is 8.48. The van der Waals surface area contributed by atoms with Crippen LogP contribution in [0.25, 0.3) is 0 Å². The van der Waals surface area contributed by atoms with Crippen molar-refractivity contribution in [3.63, 3.8) is 0 Å². The van der Waals surface area contributed by atoms with Crippen molar-refractivity contribution in [2.45, 2.75) is 32.6 Å². The second-order valence-corrected chi connectivity index (χ2v) is 6.67. The minimum absolute atomic E-state index is 0.150. The molecule has 27 heavy (non-hydrogen) atoms. The highest BCUT2D eigenvalue weighted by molar-refractivity contribution is 5.92. The summed E-state index contributed by atoms with van der Waals surface area (Å²) in [5, 5.41) is 6.41. The van der Waals surface area contributed by atoms with Gasteiger partial charge in [-0.25, -0.2) is 0 Å². The molecule has 1 aliphatic rings. The van der Waals surface area contributed by atoms with Crippen LogP contribution in [0, 0.1) is 6.92 Å². The van der Waals surface area contributed by atoms with Crippen LogP contribution < -0.4 is 10.1 Å². The number of nitrogens with zero attached hydrogens (tertiary/aromatic N) is 3. The van der Waals surface area contributed by atoms with Crippen molar-refractivity contribution in [2.24, 2.45) is 0 Å². The number of methoxy groups -OCH3 is 1. The smallest absolute Gasteiger partial charge is 0.435 e. The predicted molar refractivity (Wildman–Crippen MR) is 93.6 cm³/mol. The first-order chi connectivity index (χ1) is 12.7. The Labute approximate surface area is 154 Å². The minimum Gasteiger partial charge on any atom is -0.495 e. The third-order valence-corrected chi connectivity index (χ3v) is 4.52.